The maximum Gasteiger partial charge on any atom is 0.574 e. The minimum Gasteiger partial charge on any atom is -0.487 e. The topological polar surface area (TPSA) is 80.7 Å². The van der Waals surface area contributed by atoms with E-state index in [0.717, 1.165) is 18.2 Å². The van der Waals surface area contributed by atoms with Crippen molar-refractivity contribution in [3.05, 3.63) is 59.4 Å². The molecule has 2 aliphatic heterocycles. The largest absolute Gasteiger partial charge is 0.574 e. The van der Waals surface area contributed by atoms with Crippen molar-refractivity contribution >= 4 is 11.7 Å². The summed E-state index contributed by atoms with van der Waals surface area (Å²) in [7, 11) is 0. The van der Waals surface area contributed by atoms with Crippen molar-refractivity contribution in [2.75, 3.05) is 24.5 Å². The van der Waals surface area contributed by atoms with Gasteiger partial charge in [0.25, 0.3) is 0 Å². The molecule has 4 heterocycles. The molecule has 206 valence electrons. The Kier molecular flexibility index (Phi) is 7.23. The Bertz CT molecular complexity index is 1380. The zero-order chi connectivity index (χ0) is 27.7. The summed E-state index contributed by atoms with van der Waals surface area (Å²) in [4.78, 5) is 29.1. The number of carbonyl (C=O) groups excluding carboxylic acids is 1. The first-order valence-corrected chi connectivity index (χ1v) is 12.3. The van der Waals surface area contributed by atoms with E-state index in [4.69, 9.17) is 14.7 Å². The van der Waals surface area contributed by atoms with Crippen molar-refractivity contribution in [1.29, 1.82) is 0 Å². The molecule has 0 bridgehead atoms. The molecule has 2 aromatic heterocycles. The van der Waals surface area contributed by atoms with Crippen LogP contribution in [0.25, 0.3) is 11.4 Å². The van der Waals surface area contributed by atoms with Gasteiger partial charge in [0.1, 0.15) is 17.6 Å². The predicted octanol–water partition coefficient (Wildman–Crippen LogP) is 4.67. The van der Waals surface area contributed by atoms with Crippen molar-refractivity contribution in [2.45, 2.75) is 45.2 Å². The molecule has 1 amide bonds. The number of anilines is 1. The maximum absolute atomic E-state index is 14.1. The lowest BCUT2D eigenvalue weighted by Gasteiger charge is -2.35. The quantitative estimate of drug-likeness (QED) is 0.428. The lowest BCUT2D eigenvalue weighted by molar-refractivity contribution is -0.276. The number of hydrogen-bond acceptors (Lipinski definition) is 7. The maximum atomic E-state index is 14.1. The van der Waals surface area contributed by atoms with Gasteiger partial charge < -0.3 is 19.3 Å². The van der Waals surface area contributed by atoms with Crippen LogP contribution < -0.4 is 14.4 Å². The first-order valence-electron chi connectivity index (χ1n) is 12.3. The second-order valence-electron chi connectivity index (χ2n) is 9.27. The first kappa shape index (κ1) is 26.6. The molecule has 13 heteroatoms. The van der Waals surface area contributed by atoms with Crippen LogP contribution in [0.5, 0.6) is 11.6 Å². The Hall–Kier alpha value is -4.03. The van der Waals surface area contributed by atoms with E-state index < -0.39 is 23.9 Å². The predicted molar refractivity (Wildman–Crippen MR) is 129 cm³/mol. The highest BCUT2D eigenvalue weighted by Crippen LogP contribution is 2.33. The number of aromatic nitrogens is 3. The molecule has 5 rings (SSSR count). The SMILES string of the molecule is CC(=O)N1CCc2nc(N3CCC(Oc4ccc(F)cc4F)CC3)c(-c3cccc(OC(F)(F)F)n3)nc2C1. The molecule has 0 spiro atoms. The van der Waals surface area contributed by atoms with Gasteiger partial charge in [0.05, 0.1) is 23.6 Å². The van der Waals surface area contributed by atoms with Gasteiger partial charge in [-0.05, 0) is 18.2 Å². The number of piperidine rings is 1. The Labute approximate surface area is 220 Å². The van der Waals surface area contributed by atoms with E-state index in [9.17, 15) is 26.7 Å². The number of carbonyl (C=O) groups is 1. The van der Waals surface area contributed by atoms with Gasteiger partial charge in [-0.1, -0.05) is 6.07 Å². The fourth-order valence-electron chi connectivity index (χ4n) is 4.64. The summed E-state index contributed by atoms with van der Waals surface area (Å²) in [6.07, 6.45) is -3.80. The molecule has 1 aromatic carbocycles. The zero-order valence-corrected chi connectivity index (χ0v) is 20.8. The molecule has 3 aromatic rings. The number of amides is 1. The van der Waals surface area contributed by atoms with Crippen molar-refractivity contribution in [1.82, 2.24) is 19.9 Å². The molecular formula is C26H24F5N5O3. The average molecular weight is 550 g/mol. The van der Waals surface area contributed by atoms with E-state index in [-0.39, 0.29) is 35.7 Å². The van der Waals surface area contributed by atoms with Crippen LogP contribution in [0, 0.1) is 11.6 Å². The second-order valence-corrected chi connectivity index (χ2v) is 9.27. The van der Waals surface area contributed by atoms with Crippen molar-refractivity contribution in [3.63, 3.8) is 0 Å². The minimum absolute atomic E-state index is 0.0372. The van der Waals surface area contributed by atoms with E-state index in [1.165, 1.54) is 25.1 Å². The molecule has 0 radical (unpaired) electrons. The van der Waals surface area contributed by atoms with Crippen molar-refractivity contribution in [3.8, 4) is 23.0 Å². The van der Waals surface area contributed by atoms with Gasteiger partial charge in [-0.15, -0.1) is 13.2 Å². The highest BCUT2D eigenvalue weighted by atomic mass is 19.4. The lowest BCUT2D eigenvalue weighted by atomic mass is 10.1. The van der Waals surface area contributed by atoms with Crippen LogP contribution in [-0.4, -0.2) is 57.9 Å². The third-order valence-electron chi connectivity index (χ3n) is 6.55. The molecule has 0 unspecified atom stereocenters. The number of fused-ring (bicyclic) bond motifs is 1. The standard InChI is InChI=1S/C26H24F5N5O3/c1-15(37)36-12-9-19-21(14-36)33-24(20-3-2-4-23(32-20)39-26(29,30)31)25(34-19)35-10-7-17(8-11-35)38-22-6-5-16(27)13-18(22)28/h2-6,13,17H,7-12,14H2,1H3. The monoisotopic (exact) mass is 549 g/mol. The van der Waals surface area contributed by atoms with E-state index in [2.05, 4.69) is 9.72 Å². The van der Waals surface area contributed by atoms with Crippen molar-refractivity contribution < 1.29 is 36.2 Å². The average Bonchev–Trinajstić information content (AvgIpc) is 2.89. The summed E-state index contributed by atoms with van der Waals surface area (Å²) in [5.74, 6) is -1.83. The Morgan fingerprint density at radius 3 is 2.46 bits per heavy atom. The summed E-state index contributed by atoms with van der Waals surface area (Å²) in [5.41, 5.74) is 1.63. The third kappa shape index (κ3) is 6.18. The van der Waals surface area contributed by atoms with Gasteiger partial charge in [0.15, 0.2) is 17.4 Å². The van der Waals surface area contributed by atoms with Crippen molar-refractivity contribution in [2.24, 2.45) is 0 Å². The lowest BCUT2D eigenvalue weighted by Crippen LogP contribution is -2.40. The van der Waals surface area contributed by atoms with Crippen LogP contribution in [0.4, 0.5) is 27.8 Å². The van der Waals surface area contributed by atoms with Crippen LogP contribution in [0.1, 0.15) is 31.2 Å². The Balaban J connectivity index is 1.43. The normalized spacial score (nSPS) is 16.2. The van der Waals surface area contributed by atoms with E-state index in [0.29, 0.717) is 56.1 Å². The zero-order valence-electron chi connectivity index (χ0n) is 20.8. The van der Waals surface area contributed by atoms with Gasteiger partial charge in [0, 0.05) is 58.0 Å². The van der Waals surface area contributed by atoms with Gasteiger partial charge >= 0.3 is 6.36 Å². The molecule has 2 aliphatic rings. The molecule has 0 aliphatic carbocycles. The first-order chi connectivity index (χ1) is 18.6. The van der Waals surface area contributed by atoms with Gasteiger partial charge in [-0.25, -0.2) is 23.7 Å². The molecule has 39 heavy (non-hydrogen) atoms. The van der Waals surface area contributed by atoms with Crippen LogP contribution in [0.3, 0.4) is 0 Å². The van der Waals surface area contributed by atoms with Crippen LogP contribution in [-0.2, 0) is 17.8 Å². The number of pyridine rings is 1. The second kappa shape index (κ2) is 10.6. The highest BCUT2D eigenvalue weighted by molar-refractivity contribution is 5.74. The fourth-order valence-corrected chi connectivity index (χ4v) is 4.64. The Morgan fingerprint density at radius 2 is 1.77 bits per heavy atom. The molecular weight excluding hydrogens is 525 g/mol. The van der Waals surface area contributed by atoms with Gasteiger partial charge in [-0.2, -0.15) is 0 Å². The summed E-state index contributed by atoms with van der Waals surface area (Å²) < 4.78 is 75.5. The highest BCUT2D eigenvalue weighted by Gasteiger charge is 2.33. The van der Waals surface area contributed by atoms with E-state index in [1.807, 2.05) is 4.90 Å². The van der Waals surface area contributed by atoms with Crippen LogP contribution in [0.15, 0.2) is 36.4 Å². The number of ether oxygens (including phenoxy) is 2. The van der Waals surface area contributed by atoms with Gasteiger partial charge in [0.2, 0.25) is 11.8 Å². The third-order valence-corrected chi connectivity index (χ3v) is 6.55. The van der Waals surface area contributed by atoms with Crippen LogP contribution in [0.2, 0.25) is 0 Å². The number of nitrogens with zero attached hydrogens (tertiary/aromatic N) is 5. The molecule has 1 saturated heterocycles. The van der Waals surface area contributed by atoms with Gasteiger partial charge in [-0.3, -0.25) is 4.79 Å². The number of halogens is 5. The summed E-state index contributed by atoms with van der Waals surface area (Å²) >= 11 is 0. The number of alkyl halides is 3. The molecule has 8 nitrogen and oxygen atoms in total. The molecule has 0 saturated carbocycles. The molecule has 0 atom stereocenters. The van der Waals surface area contributed by atoms with E-state index >= 15 is 0 Å². The number of rotatable bonds is 5. The fraction of sp³-hybridized carbons (Fsp3) is 0.385. The minimum atomic E-state index is -4.91. The molecule has 0 N–H and O–H groups in total. The van der Waals surface area contributed by atoms with Crippen LogP contribution >= 0.6 is 0 Å². The smallest absolute Gasteiger partial charge is 0.487 e. The summed E-state index contributed by atoms with van der Waals surface area (Å²) in [6, 6.07) is 7.12. The summed E-state index contributed by atoms with van der Waals surface area (Å²) in [6.45, 7) is 3.03. The number of hydrogen-bond donors (Lipinski definition) is 0. The summed E-state index contributed by atoms with van der Waals surface area (Å²) in [5, 5.41) is 0. The number of benzene rings is 1. The Morgan fingerprint density at radius 1 is 1.00 bits per heavy atom. The van der Waals surface area contributed by atoms with E-state index in [1.54, 1.807) is 4.90 Å². The molecule has 1 fully saturated rings.